The van der Waals surface area contributed by atoms with Gasteiger partial charge in [0.25, 0.3) is 0 Å². The molecule has 0 fully saturated rings. The minimum Gasteiger partial charge on any atom is -0.377 e. The molecule has 0 bridgehead atoms. The molecule has 0 saturated heterocycles. The van der Waals surface area contributed by atoms with Gasteiger partial charge in [-0.05, 0) is 0 Å². The summed E-state index contributed by atoms with van der Waals surface area (Å²) in [7, 11) is 1.61. The lowest BCUT2D eigenvalue weighted by Gasteiger charge is -1.93. The Balaban J connectivity index is 1.98. The number of hydrogen-bond acceptors (Lipinski definition) is 5. The topological polar surface area (TPSA) is 66.0 Å². The second kappa shape index (κ2) is 5.79. The van der Waals surface area contributed by atoms with Crippen LogP contribution >= 0.6 is 11.6 Å². The van der Waals surface area contributed by atoms with Gasteiger partial charge in [0, 0.05) is 31.7 Å². The molecule has 6 nitrogen and oxygen atoms in total. The molecule has 2 aromatic heterocycles. The van der Waals surface area contributed by atoms with Gasteiger partial charge in [0.05, 0.1) is 12.2 Å². The number of aryl methyl sites for hydroxylation is 1. The zero-order valence-corrected chi connectivity index (χ0v) is 10.2. The molecule has 0 aliphatic carbocycles. The Hall–Kier alpha value is -1.40. The second-order valence-electron chi connectivity index (χ2n) is 3.56. The fourth-order valence-electron chi connectivity index (χ4n) is 1.43. The van der Waals surface area contributed by atoms with Gasteiger partial charge in [-0.15, -0.1) is 16.7 Å². The molecule has 0 aliphatic heterocycles. The first-order valence-electron chi connectivity index (χ1n) is 5.20. The van der Waals surface area contributed by atoms with E-state index in [2.05, 4.69) is 15.5 Å². The molecule has 0 aromatic carbocycles. The zero-order valence-electron chi connectivity index (χ0n) is 9.47. The average Bonchev–Trinajstić information content (AvgIpc) is 2.91. The molecule has 17 heavy (non-hydrogen) atoms. The van der Waals surface area contributed by atoms with Crippen LogP contribution in [0, 0.1) is 0 Å². The second-order valence-corrected chi connectivity index (χ2v) is 3.94. The lowest BCUT2D eigenvalue weighted by atomic mass is 10.3. The standard InChI is InChI=1S/C10H13ClN4O2/c1-16-7-10-4-9(13-17-10)6-15-5-8(2-3-11)12-14-15/h4-5H,2-3,6-7H2,1H3. The van der Waals surface area contributed by atoms with Gasteiger partial charge in [-0.1, -0.05) is 10.4 Å². The molecule has 0 aliphatic rings. The predicted octanol–water partition coefficient (Wildman–Crippen LogP) is 1.24. The smallest absolute Gasteiger partial charge is 0.162 e. The highest BCUT2D eigenvalue weighted by atomic mass is 35.5. The number of ether oxygens (including phenoxy) is 1. The Morgan fingerprint density at radius 3 is 3.12 bits per heavy atom. The molecule has 2 heterocycles. The van der Waals surface area contributed by atoms with Crippen LogP contribution in [-0.4, -0.2) is 33.1 Å². The monoisotopic (exact) mass is 256 g/mol. The largest absolute Gasteiger partial charge is 0.377 e. The Morgan fingerprint density at radius 2 is 2.35 bits per heavy atom. The van der Waals surface area contributed by atoms with Gasteiger partial charge in [-0.25, -0.2) is 4.68 Å². The molecular formula is C10H13ClN4O2. The summed E-state index contributed by atoms with van der Waals surface area (Å²) >= 11 is 5.63. The summed E-state index contributed by atoms with van der Waals surface area (Å²) in [6.07, 6.45) is 2.57. The molecule has 2 aromatic rings. The van der Waals surface area contributed by atoms with E-state index in [0.29, 0.717) is 24.8 Å². The number of alkyl halides is 1. The third-order valence-electron chi connectivity index (χ3n) is 2.16. The number of methoxy groups -OCH3 is 1. The molecule has 2 rings (SSSR count). The molecular weight excluding hydrogens is 244 g/mol. The molecule has 0 spiro atoms. The van der Waals surface area contributed by atoms with Crippen molar-refractivity contribution in [2.24, 2.45) is 0 Å². The normalized spacial score (nSPS) is 10.9. The van der Waals surface area contributed by atoms with Crippen molar-refractivity contribution in [3.63, 3.8) is 0 Å². The van der Waals surface area contributed by atoms with Gasteiger partial charge in [-0.2, -0.15) is 0 Å². The van der Waals surface area contributed by atoms with Crippen LogP contribution in [0.5, 0.6) is 0 Å². The van der Waals surface area contributed by atoms with Crippen molar-refractivity contribution >= 4 is 11.6 Å². The first-order chi connectivity index (χ1) is 8.31. The Kier molecular flexibility index (Phi) is 4.11. The zero-order chi connectivity index (χ0) is 12.1. The molecule has 0 unspecified atom stereocenters. The van der Waals surface area contributed by atoms with Crippen molar-refractivity contribution in [1.29, 1.82) is 0 Å². The molecule has 7 heteroatoms. The van der Waals surface area contributed by atoms with Crippen LogP contribution in [0.2, 0.25) is 0 Å². The number of aromatic nitrogens is 4. The molecule has 0 radical (unpaired) electrons. The summed E-state index contributed by atoms with van der Waals surface area (Å²) in [6.45, 7) is 0.949. The fourth-order valence-corrected chi connectivity index (χ4v) is 1.63. The SMILES string of the molecule is COCc1cc(Cn2cc(CCCl)nn2)no1. The quantitative estimate of drug-likeness (QED) is 0.728. The van der Waals surface area contributed by atoms with Crippen molar-refractivity contribution < 1.29 is 9.26 Å². The minimum absolute atomic E-state index is 0.419. The van der Waals surface area contributed by atoms with Crippen molar-refractivity contribution in [2.75, 3.05) is 13.0 Å². The van der Waals surface area contributed by atoms with E-state index in [1.54, 1.807) is 11.8 Å². The highest BCUT2D eigenvalue weighted by Crippen LogP contribution is 2.06. The van der Waals surface area contributed by atoms with Gasteiger partial charge >= 0.3 is 0 Å². The third-order valence-corrected chi connectivity index (χ3v) is 2.34. The summed E-state index contributed by atoms with van der Waals surface area (Å²) in [5.74, 6) is 1.24. The summed E-state index contributed by atoms with van der Waals surface area (Å²) in [5, 5.41) is 11.9. The van der Waals surface area contributed by atoms with Gasteiger partial charge in [0.2, 0.25) is 0 Å². The van der Waals surface area contributed by atoms with E-state index < -0.39 is 0 Å². The molecule has 0 amide bonds. The van der Waals surface area contributed by atoms with Crippen LogP contribution in [0.1, 0.15) is 17.1 Å². The Morgan fingerprint density at radius 1 is 1.47 bits per heavy atom. The highest BCUT2D eigenvalue weighted by Gasteiger charge is 2.06. The van der Waals surface area contributed by atoms with E-state index in [-0.39, 0.29) is 0 Å². The van der Waals surface area contributed by atoms with E-state index in [1.165, 1.54) is 0 Å². The molecule has 0 atom stereocenters. The van der Waals surface area contributed by atoms with Gasteiger partial charge in [0.15, 0.2) is 5.76 Å². The summed E-state index contributed by atoms with van der Waals surface area (Å²) in [6, 6.07) is 1.84. The predicted molar refractivity (Wildman–Crippen MR) is 60.8 cm³/mol. The molecule has 0 saturated carbocycles. The lowest BCUT2D eigenvalue weighted by Crippen LogP contribution is -2.00. The number of rotatable bonds is 6. The molecule has 0 N–H and O–H groups in total. The van der Waals surface area contributed by atoms with E-state index >= 15 is 0 Å². The van der Waals surface area contributed by atoms with Crippen LogP contribution < -0.4 is 0 Å². The maximum absolute atomic E-state index is 5.63. The summed E-state index contributed by atoms with van der Waals surface area (Å²) in [4.78, 5) is 0. The van der Waals surface area contributed by atoms with Gasteiger partial charge in [-0.3, -0.25) is 0 Å². The first kappa shape index (κ1) is 12.1. The maximum Gasteiger partial charge on any atom is 0.162 e. The Labute approximate surface area is 103 Å². The summed E-state index contributed by atoms with van der Waals surface area (Å²) < 4.78 is 11.7. The average molecular weight is 257 g/mol. The van der Waals surface area contributed by atoms with E-state index in [1.807, 2.05) is 12.3 Å². The fraction of sp³-hybridized carbons (Fsp3) is 0.500. The van der Waals surface area contributed by atoms with E-state index in [4.69, 9.17) is 20.9 Å². The van der Waals surface area contributed by atoms with Crippen LogP contribution in [0.4, 0.5) is 0 Å². The number of hydrogen-bond donors (Lipinski definition) is 0. The van der Waals surface area contributed by atoms with Crippen LogP contribution in [0.25, 0.3) is 0 Å². The van der Waals surface area contributed by atoms with Crippen molar-refractivity contribution in [2.45, 2.75) is 19.6 Å². The first-order valence-corrected chi connectivity index (χ1v) is 5.73. The van der Waals surface area contributed by atoms with Crippen molar-refractivity contribution in [3.8, 4) is 0 Å². The number of halogens is 1. The van der Waals surface area contributed by atoms with Crippen LogP contribution in [0.15, 0.2) is 16.8 Å². The maximum atomic E-state index is 5.63. The summed E-state index contributed by atoms with van der Waals surface area (Å²) in [5.41, 5.74) is 1.67. The van der Waals surface area contributed by atoms with Crippen molar-refractivity contribution in [1.82, 2.24) is 20.2 Å². The van der Waals surface area contributed by atoms with Crippen LogP contribution in [0.3, 0.4) is 0 Å². The van der Waals surface area contributed by atoms with Crippen LogP contribution in [-0.2, 0) is 24.3 Å². The van der Waals surface area contributed by atoms with E-state index in [9.17, 15) is 0 Å². The highest BCUT2D eigenvalue weighted by molar-refractivity contribution is 6.17. The lowest BCUT2D eigenvalue weighted by molar-refractivity contribution is 0.155. The van der Waals surface area contributed by atoms with E-state index in [0.717, 1.165) is 17.8 Å². The molecule has 92 valence electrons. The minimum atomic E-state index is 0.419. The third kappa shape index (κ3) is 3.28. The van der Waals surface area contributed by atoms with Gasteiger partial charge in [0.1, 0.15) is 12.3 Å². The van der Waals surface area contributed by atoms with Gasteiger partial charge < -0.3 is 9.26 Å². The van der Waals surface area contributed by atoms with Crippen molar-refractivity contribution in [3.05, 3.63) is 29.4 Å². The number of nitrogens with zero attached hydrogens (tertiary/aromatic N) is 4. The Bertz CT molecular complexity index is 426.